The zero-order valence-electron chi connectivity index (χ0n) is 19.6. The van der Waals surface area contributed by atoms with E-state index in [4.69, 9.17) is 15.0 Å². The van der Waals surface area contributed by atoms with E-state index in [2.05, 4.69) is 49.5 Å². The number of hydrogen-bond donors (Lipinski definition) is 0. The topological polar surface area (TPSA) is 65.7 Å². The Labute approximate surface area is 199 Å². The van der Waals surface area contributed by atoms with Gasteiger partial charge in [0.1, 0.15) is 11.5 Å². The molecule has 4 aromatic rings. The first-order valence-corrected chi connectivity index (χ1v) is 12.1. The molecule has 0 spiro atoms. The first-order chi connectivity index (χ1) is 16.8. The molecular weight excluding hydrogens is 424 g/mol. The van der Waals surface area contributed by atoms with Gasteiger partial charge < -0.3 is 9.80 Å². The summed E-state index contributed by atoms with van der Waals surface area (Å²) in [5, 5.41) is 0. The second-order valence-corrected chi connectivity index (χ2v) is 9.26. The van der Waals surface area contributed by atoms with Crippen molar-refractivity contribution in [3.05, 3.63) is 78.1 Å². The second-order valence-electron chi connectivity index (χ2n) is 9.26. The maximum atomic E-state index is 4.96. The van der Waals surface area contributed by atoms with Gasteiger partial charge in [-0.3, -0.25) is 19.3 Å². The van der Waals surface area contributed by atoms with E-state index < -0.39 is 0 Å². The van der Waals surface area contributed by atoms with E-state index in [-0.39, 0.29) is 6.04 Å². The lowest BCUT2D eigenvalue weighted by molar-refractivity contribution is 0.248. The molecule has 1 atom stereocenters. The van der Waals surface area contributed by atoms with E-state index in [1.807, 2.05) is 43.0 Å². The standard InChI is InChI=1S/C26H30N8/c1-31(22-8-2-6-21-7-4-11-28-25(21)22)24-19-34-23(30-24)9-12-29-26(34)33-15-13-32(14-16-33)18-20-5-3-10-27-17-20/h3-5,7,9-12,17,19,22H,2,6,8,13-16,18H2,1H3/t22-/m0/s1. The zero-order chi connectivity index (χ0) is 22.9. The highest BCUT2D eigenvalue weighted by Gasteiger charge is 2.27. The summed E-state index contributed by atoms with van der Waals surface area (Å²) in [5.74, 6) is 1.93. The van der Waals surface area contributed by atoms with E-state index in [1.54, 1.807) is 0 Å². The molecule has 8 nitrogen and oxygen atoms in total. The lowest BCUT2D eigenvalue weighted by Crippen LogP contribution is -2.46. The van der Waals surface area contributed by atoms with Crippen molar-refractivity contribution in [1.29, 1.82) is 0 Å². The number of rotatable bonds is 5. The molecule has 8 heteroatoms. The number of nitrogens with zero attached hydrogens (tertiary/aromatic N) is 8. The van der Waals surface area contributed by atoms with Crippen LogP contribution in [-0.2, 0) is 13.0 Å². The quantitative estimate of drug-likeness (QED) is 0.458. The molecule has 1 fully saturated rings. The van der Waals surface area contributed by atoms with Crippen molar-refractivity contribution >= 4 is 17.4 Å². The van der Waals surface area contributed by atoms with Crippen molar-refractivity contribution in [3.8, 4) is 0 Å². The highest BCUT2D eigenvalue weighted by atomic mass is 15.4. The SMILES string of the molecule is CN(c1cn2c(N3CCN(Cc4cccnc4)CC3)nccc2n1)[C@H]1CCCc2cccnc21. The number of aryl methyl sites for hydroxylation is 1. The largest absolute Gasteiger partial charge is 0.350 e. The zero-order valence-corrected chi connectivity index (χ0v) is 19.6. The van der Waals surface area contributed by atoms with Crippen LogP contribution in [0.25, 0.3) is 5.65 Å². The molecular formula is C26H30N8. The van der Waals surface area contributed by atoms with Gasteiger partial charge in [-0.15, -0.1) is 0 Å². The summed E-state index contributed by atoms with van der Waals surface area (Å²) in [6.45, 7) is 4.82. The highest BCUT2D eigenvalue weighted by Crippen LogP contribution is 2.34. The van der Waals surface area contributed by atoms with Crippen molar-refractivity contribution in [2.24, 2.45) is 0 Å². The lowest BCUT2D eigenvalue weighted by Gasteiger charge is -2.35. The number of piperazine rings is 1. The molecule has 174 valence electrons. The molecule has 0 aromatic carbocycles. The van der Waals surface area contributed by atoms with Crippen LogP contribution in [0.4, 0.5) is 11.8 Å². The third kappa shape index (κ3) is 3.98. The molecule has 5 heterocycles. The van der Waals surface area contributed by atoms with Gasteiger partial charge in [-0.2, -0.15) is 0 Å². The van der Waals surface area contributed by atoms with Crippen LogP contribution in [0.5, 0.6) is 0 Å². The van der Waals surface area contributed by atoms with Gasteiger partial charge in [-0.25, -0.2) is 9.97 Å². The Hall–Kier alpha value is -3.52. The van der Waals surface area contributed by atoms with Crippen LogP contribution < -0.4 is 9.80 Å². The molecule has 4 aromatic heterocycles. The predicted molar refractivity (Wildman–Crippen MR) is 133 cm³/mol. The van der Waals surface area contributed by atoms with Gasteiger partial charge in [-0.1, -0.05) is 12.1 Å². The Morgan fingerprint density at radius 3 is 2.74 bits per heavy atom. The fourth-order valence-electron chi connectivity index (χ4n) is 5.27. The summed E-state index contributed by atoms with van der Waals surface area (Å²) >= 11 is 0. The van der Waals surface area contributed by atoms with Gasteiger partial charge >= 0.3 is 0 Å². The maximum Gasteiger partial charge on any atom is 0.211 e. The molecule has 0 N–H and O–H groups in total. The Balaban J connectivity index is 1.21. The number of anilines is 2. The van der Waals surface area contributed by atoms with E-state index >= 15 is 0 Å². The van der Waals surface area contributed by atoms with Gasteiger partial charge in [0.25, 0.3) is 0 Å². The molecule has 0 saturated carbocycles. The molecule has 0 bridgehead atoms. The van der Waals surface area contributed by atoms with Gasteiger partial charge in [-0.05, 0) is 48.6 Å². The molecule has 1 aliphatic heterocycles. The van der Waals surface area contributed by atoms with E-state index in [0.29, 0.717) is 0 Å². The van der Waals surface area contributed by atoms with Gasteiger partial charge in [0.15, 0.2) is 0 Å². The molecule has 0 unspecified atom stereocenters. The minimum atomic E-state index is 0.252. The minimum Gasteiger partial charge on any atom is -0.350 e. The van der Waals surface area contributed by atoms with Crippen molar-refractivity contribution in [1.82, 2.24) is 29.2 Å². The fourth-order valence-corrected chi connectivity index (χ4v) is 5.27. The number of imidazole rings is 1. The van der Waals surface area contributed by atoms with E-state index in [1.165, 1.54) is 23.2 Å². The Kier molecular flexibility index (Phi) is 5.58. The molecule has 0 radical (unpaired) electrons. The normalized spacial score (nSPS) is 18.7. The van der Waals surface area contributed by atoms with Crippen LogP contribution in [0.15, 0.2) is 61.3 Å². The average Bonchev–Trinajstić information content (AvgIpc) is 3.34. The molecule has 0 amide bonds. The molecule has 6 rings (SSSR count). The Morgan fingerprint density at radius 1 is 1.00 bits per heavy atom. The van der Waals surface area contributed by atoms with E-state index in [0.717, 1.165) is 63.0 Å². The van der Waals surface area contributed by atoms with Crippen LogP contribution in [0.2, 0.25) is 0 Å². The van der Waals surface area contributed by atoms with Crippen molar-refractivity contribution in [3.63, 3.8) is 0 Å². The lowest BCUT2D eigenvalue weighted by atomic mass is 9.91. The van der Waals surface area contributed by atoms with Gasteiger partial charge in [0, 0.05) is 64.6 Å². The van der Waals surface area contributed by atoms with Crippen LogP contribution in [0.1, 0.15) is 35.7 Å². The minimum absolute atomic E-state index is 0.252. The summed E-state index contributed by atoms with van der Waals surface area (Å²) in [7, 11) is 2.14. The molecule has 1 aliphatic carbocycles. The van der Waals surface area contributed by atoms with Crippen LogP contribution in [-0.4, -0.2) is 62.5 Å². The Bertz CT molecular complexity index is 1260. The maximum absolute atomic E-state index is 4.96. The van der Waals surface area contributed by atoms with Crippen molar-refractivity contribution in [2.45, 2.75) is 31.8 Å². The first-order valence-electron chi connectivity index (χ1n) is 12.1. The molecule has 2 aliphatic rings. The molecule has 34 heavy (non-hydrogen) atoms. The Morgan fingerprint density at radius 2 is 1.88 bits per heavy atom. The van der Waals surface area contributed by atoms with E-state index in [9.17, 15) is 0 Å². The molecule has 1 saturated heterocycles. The third-order valence-electron chi connectivity index (χ3n) is 7.13. The summed E-state index contributed by atoms with van der Waals surface area (Å²) < 4.78 is 2.14. The van der Waals surface area contributed by atoms with Crippen LogP contribution >= 0.6 is 0 Å². The second kappa shape index (κ2) is 9.02. The monoisotopic (exact) mass is 454 g/mol. The number of pyridine rings is 2. The van der Waals surface area contributed by atoms with Gasteiger partial charge in [0.05, 0.1) is 17.9 Å². The summed E-state index contributed by atoms with van der Waals surface area (Å²) in [6, 6.07) is 10.6. The van der Waals surface area contributed by atoms with Crippen molar-refractivity contribution in [2.75, 3.05) is 43.0 Å². The fraction of sp³-hybridized carbons (Fsp3) is 0.385. The summed E-state index contributed by atoms with van der Waals surface area (Å²) in [5.41, 5.74) is 4.75. The highest BCUT2D eigenvalue weighted by molar-refractivity contribution is 5.55. The van der Waals surface area contributed by atoms with Crippen molar-refractivity contribution < 1.29 is 0 Å². The van der Waals surface area contributed by atoms with Crippen LogP contribution in [0.3, 0.4) is 0 Å². The van der Waals surface area contributed by atoms with Crippen LogP contribution in [0, 0.1) is 0 Å². The predicted octanol–water partition coefficient (Wildman–Crippen LogP) is 3.36. The smallest absolute Gasteiger partial charge is 0.211 e. The summed E-state index contributed by atoms with van der Waals surface area (Å²) in [4.78, 5) is 25.8. The average molecular weight is 455 g/mol. The third-order valence-corrected chi connectivity index (χ3v) is 7.13. The number of aromatic nitrogens is 5. The summed E-state index contributed by atoms with van der Waals surface area (Å²) in [6.07, 6.45) is 13.1. The van der Waals surface area contributed by atoms with Gasteiger partial charge in [0.2, 0.25) is 5.95 Å². The number of hydrogen-bond acceptors (Lipinski definition) is 7. The first kappa shape index (κ1) is 21.0. The number of fused-ring (bicyclic) bond motifs is 2.